The van der Waals surface area contributed by atoms with Crippen molar-refractivity contribution < 1.29 is 0 Å². The molecule has 1 aliphatic rings. The zero-order valence-corrected chi connectivity index (χ0v) is 11.2. The van der Waals surface area contributed by atoms with Crippen molar-refractivity contribution in [3.05, 3.63) is 52.0 Å². The maximum absolute atomic E-state index is 5.71. The predicted octanol–water partition coefficient (Wildman–Crippen LogP) is 2.76. The molecule has 1 heterocycles. The van der Waals surface area contributed by atoms with Gasteiger partial charge < -0.3 is 0 Å². The number of rotatable bonds is 4. The molecule has 0 bridgehead atoms. The molecule has 3 unspecified atom stereocenters. The Morgan fingerprint density at radius 3 is 2.78 bits per heavy atom. The molecule has 1 fully saturated rings. The van der Waals surface area contributed by atoms with Crippen LogP contribution >= 0.6 is 11.3 Å². The number of thiazole rings is 1. The van der Waals surface area contributed by atoms with Gasteiger partial charge in [-0.25, -0.2) is 4.98 Å². The van der Waals surface area contributed by atoms with Crippen LogP contribution in [0.25, 0.3) is 0 Å². The molecule has 1 aliphatic carbocycles. The van der Waals surface area contributed by atoms with Gasteiger partial charge in [-0.05, 0) is 30.7 Å². The van der Waals surface area contributed by atoms with Crippen LogP contribution in [0, 0.1) is 12.8 Å². The maximum Gasteiger partial charge on any atom is 0.0898 e. The van der Waals surface area contributed by atoms with E-state index in [-0.39, 0.29) is 6.04 Å². The molecule has 1 aromatic heterocycles. The quantitative estimate of drug-likeness (QED) is 0.655. The first-order valence-corrected chi connectivity index (χ1v) is 7.10. The third-order valence-electron chi connectivity index (χ3n) is 3.63. The van der Waals surface area contributed by atoms with Gasteiger partial charge in [0.2, 0.25) is 0 Å². The number of hydrogen-bond acceptors (Lipinski definition) is 4. The number of aryl methyl sites for hydroxylation is 1. The van der Waals surface area contributed by atoms with Crippen molar-refractivity contribution >= 4 is 11.3 Å². The number of hydrazine groups is 1. The number of benzene rings is 1. The van der Waals surface area contributed by atoms with Gasteiger partial charge in [0.05, 0.1) is 16.7 Å². The first-order chi connectivity index (χ1) is 8.79. The topological polar surface area (TPSA) is 50.9 Å². The number of nitrogens with one attached hydrogen (secondary N) is 1. The van der Waals surface area contributed by atoms with Crippen LogP contribution < -0.4 is 11.3 Å². The second-order valence-electron chi connectivity index (χ2n) is 4.85. The Kier molecular flexibility index (Phi) is 3.16. The normalized spacial score (nSPS) is 23.9. The van der Waals surface area contributed by atoms with E-state index >= 15 is 0 Å². The Morgan fingerprint density at radius 1 is 1.39 bits per heavy atom. The van der Waals surface area contributed by atoms with Crippen molar-refractivity contribution in [2.45, 2.75) is 25.3 Å². The van der Waals surface area contributed by atoms with E-state index in [1.165, 1.54) is 12.0 Å². The lowest BCUT2D eigenvalue weighted by atomic mass is 10.0. The smallest absolute Gasteiger partial charge is 0.0898 e. The van der Waals surface area contributed by atoms with E-state index in [1.807, 2.05) is 6.92 Å². The van der Waals surface area contributed by atoms with E-state index in [1.54, 1.807) is 11.3 Å². The molecule has 3 rings (SSSR count). The third kappa shape index (κ3) is 2.19. The fraction of sp³-hybridized carbons (Fsp3) is 0.357. The molecule has 3 atom stereocenters. The Hall–Kier alpha value is -1.23. The van der Waals surface area contributed by atoms with Crippen molar-refractivity contribution in [1.82, 2.24) is 10.4 Å². The lowest BCUT2D eigenvalue weighted by molar-refractivity contribution is 0.478. The molecule has 0 radical (unpaired) electrons. The first kappa shape index (κ1) is 11.8. The van der Waals surface area contributed by atoms with Gasteiger partial charge in [-0.2, -0.15) is 0 Å². The second-order valence-corrected chi connectivity index (χ2v) is 5.91. The Balaban J connectivity index is 1.76. The molecule has 0 aliphatic heterocycles. The van der Waals surface area contributed by atoms with Gasteiger partial charge in [-0.3, -0.25) is 11.3 Å². The van der Waals surface area contributed by atoms with Crippen LogP contribution in [0.2, 0.25) is 0 Å². The molecule has 3 nitrogen and oxygen atoms in total. The molecule has 1 saturated carbocycles. The van der Waals surface area contributed by atoms with Gasteiger partial charge in [0, 0.05) is 5.38 Å². The number of nitrogens with two attached hydrogens (primary N) is 1. The second kappa shape index (κ2) is 4.80. The summed E-state index contributed by atoms with van der Waals surface area (Å²) in [5.41, 5.74) is 5.44. The van der Waals surface area contributed by atoms with Crippen LogP contribution in [-0.4, -0.2) is 4.98 Å². The highest BCUT2D eigenvalue weighted by Crippen LogP contribution is 2.53. The highest BCUT2D eigenvalue weighted by Gasteiger charge is 2.44. The van der Waals surface area contributed by atoms with Gasteiger partial charge >= 0.3 is 0 Å². The summed E-state index contributed by atoms with van der Waals surface area (Å²) in [6.45, 7) is 2.03. The average molecular weight is 259 g/mol. The lowest BCUT2D eigenvalue weighted by Crippen LogP contribution is -2.30. The van der Waals surface area contributed by atoms with E-state index in [9.17, 15) is 0 Å². The summed E-state index contributed by atoms with van der Waals surface area (Å²) >= 11 is 1.68. The lowest BCUT2D eigenvalue weighted by Gasteiger charge is -2.13. The summed E-state index contributed by atoms with van der Waals surface area (Å²) in [6, 6.07) is 10.8. The summed E-state index contributed by atoms with van der Waals surface area (Å²) in [5.74, 6) is 6.90. The SMILES string of the molecule is Cc1nc(C(NN)C2CC2c2ccccc2)cs1. The van der Waals surface area contributed by atoms with E-state index < -0.39 is 0 Å². The van der Waals surface area contributed by atoms with Crippen LogP contribution in [0.1, 0.15) is 34.6 Å². The summed E-state index contributed by atoms with van der Waals surface area (Å²) in [4.78, 5) is 4.55. The monoisotopic (exact) mass is 259 g/mol. The minimum atomic E-state index is 0.181. The van der Waals surface area contributed by atoms with Gasteiger partial charge in [0.25, 0.3) is 0 Å². The van der Waals surface area contributed by atoms with E-state index in [2.05, 4.69) is 46.1 Å². The van der Waals surface area contributed by atoms with Crippen LogP contribution in [-0.2, 0) is 0 Å². The minimum Gasteiger partial charge on any atom is -0.271 e. The zero-order chi connectivity index (χ0) is 12.5. The number of hydrogen-bond donors (Lipinski definition) is 2. The summed E-state index contributed by atoms with van der Waals surface area (Å²) < 4.78 is 0. The fourth-order valence-corrected chi connectivity index (χ4v) is 3.27. The molecule has 0 saturated heterocycles. The Labute approximate surface area is 111 Å². The summed E-state index contributed by atoms with van der Waals surface area (Å²) in [5, 5.41) is 3.21. The van der Waals surface area contributed by atoms with E-state index in [0.29, 0.717) is 11.8 Å². The van der Waals surface area contributed by atoms with Gasteiger partial charge in [0.1, 0.15) is 0 Å². The zero-order valence-electron chi connectivity index (χ0n) is 10.3. The van der Waals surface area contributed by atoms with Crippen molar-refractivity contribution in [3.63, 3.8) is 0 Å². The Bertz CT molecular complexity index is 523. The van der Waals surface area contributed by atoms with Crippen LogP contribution in [0.5, 0.6) is 0 Å². The van der Waals surface area contributed by atoms with Gasteiger partial charge in [-0.1, -0.05) is 30.3 Å². The maximum atomic E-state index is 5.71. The standard InChI is InChI=1S/C14H17N3S/c1-9-16-13(8-18-9)14(17-15)12-7-11(12)10-5-3-2-4-6-10/h2-6,8,11-12,14,17H,7,15H2,1H3. The molecule has 0 spiro atoms. The fourth-order valence-electron chi connectivity index (χ4n) is 2.62. The summed E-state index contributed by atoms with van der Waals surface area (Å²) in [6.07, 6.45) is 1.19. The highest BCUT2D eigenvalue weighted by atomic mass is 32.1. The van der Waals surface area contributed by atoms with Crippen LogP contribution in [0.3, 0.4) is 0 Å². The minimum absolute atomic E-state index is 0.181. The molecule has 1 aromatic carbocycles. The van der Waals surface area contributed by atoms with Gasteiger partial charge in [0.15, 0.2) is 0 Å². The summed E-state index contributed by atoms with van der Waals surface area (Å²) in [7, 11) is 0. The van der Waals surface area contributed by atoms with E-state index in [0.717, 1.165) is 10.7 Å². The Morgan fingerprint density at radius 2 is 2.17 bits per heavy atom. The van der Waals surface area contributed by atoms with Crippen LogP contribution in [0.15, 0.2) is 35.7 Å². The average Bonchev–Trinajstić information content (AvgIpc) is 3.07. The van der Waals surface area contributed by atoms with Crippen LogP contribution in [0.4, 0.5) is 0 Å². The van der Waals surface area contributed by atoms with Crippen molar-refractivity contribution in [3.8, 4) is 0 Å². The molecule has 18 heavy (non-hydrogen) atoms. The predicted molar refractivity (Wildman–Crippen MR) is 74.2 cm³/mol. The molecule has 0 amide bonds. The molecule has 94 valence electrons. The number of nitrogens with zero attached hydrogens (tertiary/aromatic N) is 1. The molecular formula is C14H17N3S. The van der Waals surface area contributed by atoms with Crippen molar-refractivity contribution in [2.24, 2.45) is 11.8 Å². The molecule has 4 heteroatoms. The van der Waals surface area contributed by atoms with Crippen molar-refractivity contribution in [2.75, 3.05) is 0 Å². The number of aromatic nitrogens is 1. The first-order valence-electron chi connectivity index (χ1n) is 6.22. The van der Waals surface area contributed by atoms with Crippen molar-refractivity contribution in [1.29, 1.82) is 0 Å². The molecular weight excluding hydrogens is 242 g/mol. The molecule has 2 aromatic rings. The highest BCUT2D eigenvalue weighted by molar-refractivity contribution is 7.09. The van der Waals surface area contributed by atoms with Gasteiger partial charge in [-0.15, -0.1) is 11.3 Å². The largest absolute Gasteiger partial charge is 0.271 e. The van der Waals surface area contributed by atoms with E-state index in [4.69, 9.17) is 5.84 Å². The molecule has 3 N–H and O–H groups in total. The third-order valence-corrected chi connectivity index (χ3v) is 4.42.